The minimum atomic E-state index is -1.67. The van der Waals surface area contributed by atoms with Crippen LogP contribution in [0.2, 0.25) is 19.6 Å². The molecule has 20 heavy (non-hydrogen) atoms. The van der Waals surface area contributed by atoms with Crippen LogP contribution < -0.4 is 0 Å². The molecule has 0 saturated heterocycles. The SMILES string of the molecule is CCC(C)CCCCCCCCCC(=O)O[Si](C)(C)C. The lowest BCUT2D eigenvalue weighted by atomic mass is 10.00. The lowest BCUT2D eigenvalue weighted by Gasteiger charge is -2.17. The summed E-state index contributed by atoms with van der Waals surface area (Å²) in [4.78, 5) is 11.5. The number of rotatable bonds is 12. The van der Waals surface area contributed by atoms with E-state index in [0.717, 1.165) is 12.3 Å². The van der Waals surface area contributed by atoms with Crippen molar-refractivity contribution in [1.82, 2.24) is 0 Å². The summed E-state index contributed by atoms with van der Waals surface area (Å²) < 4.78 is 5.43. The van der Waals surface area contributed by atoms with Crippen LogP contribution in [-0.4, -0.2) is 14.3 Å². The van der Waals surface area contributed by atoms with Crippen molar-refractivity contribution in [3.05, 3.63) is 0 Å². The molecule has 0 aromatic heterocycles. The second kappa shape index (κ2) is 11.4. The van der Waals surface area contributed by atoms with Gasteiger partial charge in [-0.3, -0.25) is 4.79 Å². The zero-order valence-electron chi connectivity index (χ0n) is 14.5. The van der Waals surface area contributed by atoms with Gasteiger partial charge in [-0.05, 0) is 32.0 Å². The molecule has 0 aromatic rings. The highest BCUT2D eigenvalue weighted by atomic mass is 28.4. The summed E-state index contributed by atoms with van der Waals surface area (Å²) in [5.41, 5.74) is 0. The average Bonchev–Trinajstić information content (AvgIpc) is 2.34. The van der Waals surface area contributed by atoms with E-state index in [0.29, 0.717) is 6.42 Å². The predicted octanol–water partition coefficient (Wildman–Crippen LogP) is 5.92. The maximum Gasteiger partial charge on any atom is 0.292 e. The van der Waals surface area contributed by atoms with E-state index in [1.165, 1.54) is 51.4 Å². The van der Waals surface area contributed by atoms with Crippen LogP contribution in [0, 0.1) is 5.92 Å². The third-order valence-corrected chi connectivity index (χ3v) is 4.53. The molecule has 0 aromatic carbocycles. The van der Waals surface area contributed by atoms with Gasteiger partial charge in [0.15, 0.2) is 0 Å². The van der Waals surface area contributed by atoms with Crippen LogP contribution in [0.4, 0.5) is 0 Å². The maximum atomic E-state index is 11.5. The van der Waals surface area contributed by atoms with Crippen molar-refractivity contribution >= 4 is 14.3 Å². The fraction of sp³-hybridized carbons (Fsp3) is 0.941. The lowest BCUT2D eigenvalue weighted by Crippen LogP contribution is -2.28. The average molecular weight is 301 g/mol. The Bertz CT molecular complexity index is 246. The molecule has 0 amide bonds. The monoisotopic (exact) mass is 300 g/mol. The van der Waals surface area contributed by atoms with E-state index in [1.54, 1.807) is 0 Å². The van der Waals surface area contributed by atoms with Gasteiger partial charge in [-0.2, -0.15) is 0 Å². The highest BCUT2D eigenvalue weighted by Gasteiger charge is 2.19. The topological polar surface area (TPSA) is 26.3 Å². The Morgan fingerprint density at radius 2 is 1.45 bits per heavy atom. The molecule has 0 aliphatic rings. The molecule has 0 bridgehead atoms. The minimum absolute atomic E-state index is 0.0118. The molecule has 1 unspecified atom stereocenters. The van der Waals surface area contributed by atoms with E-state index in [4.69, 9.17) is 4.43 Å². The molecule has 120 valence electrons. The number of carbonyl (C=O) groups excluding carboxylic acids is 1. The van der Waals surface area contributed by atoms with Crippen LogP contribution in [0.5, 0.6) is 0 Å². The zero-order chi connectivity index (χ0) is 15.4. The molecule has 1 atom stereocenters. The second-order valence-corrected chi connectivity index (χ2v) is 11.5. The summed E-state index contributed by atoms with van der Waals surface area (Å²) in [5, 5.41) is 0. The molecule has 0 N–H and O–H groups in total. The molecule has 0 fully saturated rings. The van der Waals surface area contributed by atoms with Crippen LogP contribution >= 0.6 is 0 Å². The standard InChI is InChI=1S/C17H36O2Si/c1-6-16(2)14-12-10-8-7-9-11-13-15-17(18)19-20(3,4)5/h16H,6-15H2,1-5H3. The first-order valence-corrected chi connectivity index (χ1v) is 12.0. The number of carbonyl (C=O) groups is 1. The highest BCUT2D eigenvalue weighted by molar-refractivity contribution is 6.71. The smallest absolute Gasteiger partial charge is 0.292 e. The van der Waals surface area contributed by atoms with Crippen molar-refractivity contribution < 1.29 is 9.22 Å². The molecule has 0 heterocycles. The third-order valence-electron chi connectivity index (χ3n) is 3.69. The summed E-state index contributed by atoms with van der Waals surface area (Å²) >= 11 is 0. The van der Waals surface area contributed by atoms with E-state index in [-0.39, 0.29) is 5.97 Å². The second-order valence-electron chi connectivity index (χ2n) is 7.11. The van der Waals surface area contributed by atoms with E-state index < -0.39 is 8.32 Å². The third kappa shape index (κ3) is 14.1. The van der Waals surface area contributed by atoms with Gasteiger partial charge in [-0.15, -0.1) is 0 Å². The van der Waals surface area contributed by atoms with Gasteiger partial charge in [0, 0.05) is 6.42 Å². The zero-order valence-corrected chi connectivity index (χ0v) is 15.5. The van der Waals surface area contributed by atoms with Crippen molar-refractivity contribution in [1.29, 1.82) is 0 Å². The Morgan fingerprint density at radius 3 is 1.95 bits per heavy atom. The van der Waals surface area contributed by atoms with Gasteiger partial charge in [0.2, 0.25) is 8.32 Å². The van der Waals surface area contributed by atoms with Crippen LogP contribution in [0.15, 0.2) is 0 Å². The van der Waals surface area contributed by atoms with Crippen molar-refractivity contribution in [2.75, 3.05) is 0 Å². The Kier molecular flexibility index (Phi) is 11.2. The molecule has 0 aliphatic carbocycles. The number of unbranched alkanes of at least 4 members (excludes halogenated alkanes) is 6. The molecule has 0 radical (unpaired) electrons. The molecular weight excluding hydrogens is 264 g/mol. The molecular formula is C17H36O2Si. The Hall–Kier alpha value is -0.313. The quantitative estimate of drug-likeness (QED) is 0.330. The largest absolute Gasteiger partial charge is 0.520 e. The Balaban J connectivity index is 3.27. The molecule has 0 aliphatic heterocycles. The van der Waals surface area contributed by atoms with E-state index >= 15 is 0 Å². The van der Waals surface area contributed by atoms with Crippen molar-refractivity contribution in [2.45, 2.75) is 97.7 Å². The summed E-state index contributed by atoms with van der Waals surface area (Å²) in [6.07, 6.45) is 12.2. The fourth-order valence-electron chi connectivity index (χ4n) is 2.24. The van der Waals surface area contributed by atoms with Crippen molar-refractivity contribution in [3.8, 4) is 0 Å². The van der Waals surface area contributed by atoms with Crippen LogP contribution in [0.25, 0.3) is 0 Å². The van der Waals surface area contributed by atoms with Crippen molar-refractivity contribution in [3.63, 3.8) is 0 Å². The molecule has 3 heteroatoms. The number of hydrogen-bond acceptors (Lipinski definition) is 2. The van der Waals surface area contributed by atoms with Gasteiger partial charge in [-0.1, -0.05) is 65.2 Å². The van der Waals surface area contributed by atoms with Crippen LogP contribution in [-0.2, 0) is 9.22 Å². The van der Waals surface area contributed by atoms with Gasteiger partial charge in [0.05, 0.1) is 0 Å². The molecule has 0 rings (SSSR count). The summed E-state index contributed by atoms with van der Waals surface area (Å²) in [6.45, 7) is 10.8. The van der Waals surface area contributed by atoms with Gasteiger partial charge in [0.1, 0.15) is 0 Å². The van der Waals surface area contributed by atoms with E-state index in [1.807, 2.05) is 0 Å². The Labute approximate surface area is 127 Å². The minimum Gasteiger partial charge on any atom is -0.520 e. The van der Waals surface area contributed by atoms with E-state index in [2.05, 4.69) is 33.5 Å². The molecule has 0 spiro atoms. The van der Waals surface area contributed by atoms with Gasteiger partial charge < -0.3 is 4.43 Å². The van der Waals surface area contributed by atoms with Gasteiger partial charge >= 0.3 is 0 Å². The van der Waals surface area contributed by atoms with Gasteiger partial charge in [-0.25, -0.2) is 0 Å². The Morgan fingerprint density at radius 1 is 0.950 bits per heavy atom. The van der Waals surface area contributed by atoms with E-state index in [9.17, 15) is 4.79 Å². The highest BCUT2D eigenvalue weighted by Crippen LogP contribution is 2.15. The predicted molar refractivity (Wildman–Crippen MR) is 90.4 cm³/mol. The first-order chi connectivity index (χ1) is 9.35. The first-order valence-electron chi connectivity index (χ1n) is 8.57. The maximum absolute atomic E-state index is 11.5. The number of hydrogen-bond donors (Lipinski definition) is 0. The first kappa shape index (κ1) is 19.7. The summed E-state index contributed by atoms with van der Waals surface area (Å²) in [5.74, 6) is 0.907. The van der Waals surface area contributed by atoms with Crippen LogP contribution in [0.1, 0.15) is 78.1 Å². The van der Waals surface area contributed by atoms with Crippen molar-refractivity contribution in [2.24, 2.45) is 5.92 Å². The summed E-state index contributed by atoms with van der Waals surface area (Å²) in [7, 11) is -1.67. The lowest BCUT2D eigenvalue weighted by molar-refractivity contribution is -0.135. The molecule has 2 nitrogen and oxygen atoms in total. The molecule has 0 saturated carbocycles. The summed E-state index contributed by atoms with van der Waals surface area (Å²) in [6, 6.07) is 0. The van der Waals surface area contributed by atoms with Gasteiger partial charge in [0.25, 0.3) is 5.97 Å². The normalized spacial score (nSPS) is 13.2. The fourth-order valence-corrected chi connectivity index (χ4v) is 3.03. The van der Waals surface area contributed by atoms with Crippen LogP contribution in [0.3, 0.4) is 0 Å².